The van der Waals surface area contributed by atoms with Crippen LogP contribution in [-0.2, 0) is 24.4 Å². The third-order valence-electron chi connectivity index (χ3n) is 3.52. The number of halogens is 1. The highest BCUT2D eigenvalue weighted by atomic mass is 35.5. The SMILES string of the molecule is CC(C)(C)OC(=O)N(Cc1ccc(Cl)cc1)Cc1ccc(CO)cc1. The highest BCUT2D eigenvalue weighted by Gasteiger charge is 2.22. The second-order valence-electron chi connectivity index (χ2n) is 6.94. The first-order valence-electron chi connectivity index (χ1n) is 8.18. The number of ether oxygens (including phenoxy) is 1. The van der Waals surface area contributed by atoms with Crippen molar-refractivity contribution in [2.24, 2.45) is 0 Å². The van der Waals surface area contributed by atoms with Crippen molar-refractivity contribution in [1.82, 2.24) is 4.90 Å². The fraction of sp³-hybridized carbons (Fsp3) is 0.350. The van der Waals surface area contributed by atoms with Crippen LogP contribution in [0.1, 0.15) is 37.5 Å². The van der Waals surface area contributed by atoms with Gasteiger partial charge in [0.1, 0.15) is 5.60 Å². The maximum absolute atomic E-state index is 12.6. The molecule has 0 aromatic heterocycles. The van der Waals surface area contributed by atoms with E-state index >= 15 is 0 Å². The summed E-state index contributed by atoms with van der Waals surface area (Å²) in [6, 6.07) is 14.9. The van der Waals surface area contributed by atoms with Crippen molar-refractivity contribution < 1.29 is 14.6 Å². The molecule has 0 radical (unpaired) electrons. The van der Waals surface area contributed by atoms with E-state index in [0.717, 1.165) is 16.7 Å². The third kappa shape index (κ3) is 6.40. The monoisotopic (exact) mass is 361 g/mol. The first kappa shape index (κ1) is 19.3. The number of nitrogens with zero attached hydrogens (tertiary/aromatic N) is 1. The molecule has 0 unspecified atom stereocenters. The van der Waals surface area contributed by atoms with E-state index in [4.69, 9.17) is 21.4 Å². The number of carbonyl (C=O) groups is 1. The predicted molar refractivity (Wildman–Crippen MR) is 99.3 cm³/mol. The lowest BCUT2D eigenvalue weighted by Gasteiger charge is -2.27. The van der Waals surface area contributed by atoms with E-state index in [2.05, 4.69) is 0 Å². The highest BCUT2D eigenvalue weighted by molar-refractivity contribution is 6.30. The summed E-state index contributed by atoms with van der Waals surface area (Å²) in [5.74, 6) is 0. The molecule has 25 heavy (non-hydrogen) atoms. The first-order chi connectivity index (χ1) is 11.8. The molecule has 134 valence electrons. The van der Waals surface area contributed by atoms with E-state index in [1.165, 1.54) is 0 Å². The minimum atomic E-state index is -0.559. The van der Waals surface area contributed by atoms with E-state index in [9.17, 15) is 4.79 Å². The molecule has 2 rings (SSSR count). The van der Waals surface area contributed by atoms with Crippen molar-refractivity contribution in [1.29, 1.82) is 0 Å². The average Bonchev–Trinajstić information content (AvgIpc) is 2.55. The van der Waals surface area contributed by atoms with Gasteiger partial charge in [-0.2, -0.15) is 0 Å². The minimum absolute atomic E-state index is 0.000828. The Morgan fingerprint density at radius 1 is 0.960 bits per heavy atom. The summed E-state index contributed by atoms with van der Waals surface area (Å²) in [7, 11) is 0. The number of aliphatic hydroxyl groups excluding tert-OH is 1. The average molecular weight is 362 g/mol. The molecule has 2 aromatic rings. The van der Waals surface area contributed by atoms with Gasteiger partial charge in [-0.1, -0.05) is 48.0 Å². The van der Waals surface area contributed by atoms with Crippen molar-refractivity contribution in [3.05, 3.63) is 70.2 Å². The number of amides is 1. The molecule has 5 heteroatoms. The summed E-state index contributed by atoms with van der Waals surface area (Å²) in [5, 5.41) is 9.81. The molecule has 0 saturated carbocycles. The Kier molecular flexibility index (Phi) is 6.45. The van der Waals surface area contributed by atoms with Crippen molar-refractivity contribution >= 4 is 17.7 Å². The van der Waals surface area contributed by atoms with Gasteiger partial charge in [0, 0.05) is 18.1 Å². The summed E-state index contributed by atoms with van der Waals surface area (Å²) in [5.41, 5.74) is 2.22. The number of rotatable bonds is 5. The molecule has 1 N–H and O–H groups in total. The lowest BCUT2D eigenvalue weighted by atomic mass is 10.1. The molecule has 0 atom stereocenters. The molecule has 0 aliphatic rings. The van der Waals surface area contributed by atoms with Crippen LogP contribution >= 0.6 is 11.6 Å². The molecule has 0 bridgehead atoms. The number of carbonyl (C=O) groups excluding carboxylic acids is 1. The largest absolute Gasteiger partial charge is 0.444 e. The van der Waals surface area contributed by atoms with Gasteiger partial charge in [0.2, 0.25) is 0 Å². The van der Waals surface area contributed by atoms with Gasteiger partial charge in [-0.3, -0.25) is 4.90 Å². The van der Waals surface area contributed by atoms with Gasteiger partial charge in [0.05, 0.1) is 6.61 Å². The Bertz CT molecular complexity index is 690. The Hall–Kier alpha value is -2.04. The van der Waals surface area contributed by atoms with E-state index in [0.29, 0.717) is 18.1 Å². The highest BCUT2D eigenvalue weighted by Crippen LogP contribution is 2.17. The Morgan fingerprint density at radius 3 is 1.84 bits per heavy atom. The van der Waals surface area contributed by atoms with Crippen LogP contribution in [0.25, 0.3) is 0 Å². The summed E-state index contributed by atoms with van der Waals surface area (Å²) in [6.07, 6.45) is -0.367. The second kappa shape index (κ2) is 8.37. The predicted octanol–water partition coefficient (Wildman–Crippen LogP) is 4.77. The van der Waals surface area contributed by atoms with E-state index in [-0.39, 0.29) is 12.7 Å². The quantitative estimate of drug-likeness (QED) is 0.834. The maximum atomic E-state index is 12.6. The third-order valence-corrected chi connectivity index (χ3v) is 3.77. The number of benzene rings is 2. The van der Waals surface area contributed by atoms with Gasteiger partial charge >= 0.3 is 6.09 Å². The molecule has 4 nitrogen and oxygen atoms in total. The van der Waals surface area contributed by atoms with Gasteiger partial charge in [0.25, 0.3) is 0 Å². The number of hydrogen-bond acceptors (Lipinski definition) is 3. The molecule has 0 aliphatic carbocycles. The van der Waals surface area contributed by atoms with Crippen molar-refractivity contribution in [2.45, 2.75) is 46.1 Å². The summed E-state index contributed by atoms with van der Waals surface area (Å²) < 4.78 is 5.53. The molecule has 0 spiro atoms. The van der Waals surface area contributed by atoms with Crippen molar-refractivity contribution in [3.8, 4) is 0 Å². The van der Waals surface area contributed by atoms with Gasteiger partial charge in [-0.15, -0.1) is 0 Å². The molecule has 0 heterocycles. The van der Waals surface area contributed by atoms with Crippen LogP contribution in [-0.4, -0.2) is 21.7 Å². The fourth-order valence-electron chi connectivity index (χ4n) is 2.29. The van der Waals surface area contributed by atoms with Crippen LogP contribution in [0.15, 0.2) is 48.5 Å². The maximum Gasteiger partial charge on any atom is 0.410 e. The minimum Gasteiger partial charge on any atom is -0.444 e. The Labute approximate surface area is 154 Å². The molecule has 2 aromatic carbocycles. The molecule has 0 fully saturated rings. The van der Waals surface area contributed by atoms with Gasteiger partial charge < -0.3 is 9.84 Å². The van der Waals surface area contributed by atoms with E-state index in [1.807, 2.05) is 57.2 Å². The molecular formula is C20H24ClNO3. The van der Waals surface area contributed by atoms with Crippen molar-refractivity contribution in [3.63, 3.8) is 0 Å². The topological polar surface area (TPSA) is 49.8 Å². The molecular weight excluding hydrogens is 338 g/mol. The zero-order valence-corrected chi connectivity index (χ0v) is 15.6. The summed E-state index contributed by atoms with van der Waals surface area (Å²) >= 11 is 5.93. The number of hydrogen-bond donors (Lipinski definition) is 1. The lowest BCUT2D eigenvalue weighted by Crippen LogP contribution is -2.36. The van der Waals surface area contributed by atoms with Crippen LogP contribution in [0.4, 0.5) is 4.79 Å². The Balaban J connectivity index is 2.17. The lowest BCUT2D eigenvalue weighted by molar-refractivity contribution is 0.0216. The van der Waals surface area contributed by atoms with Crippen LogP contribution < -0.4 is 0 Å². The van der Waals surface area contributed by atoms with Gasteiger partial charge in [-0.25, -0.2) is 4.79 Å². The van der Waals surface area contributed by atoms with Crippen LogP contribution in [0.3, 0.4) is 0 Å². The fourth-order valence-corrected chi connectivity index (χ4v) is 2.42. The molecule has 0 aliphatic heterocycles. The van der Waals surface area contributed by atoms with Crippen LogP contribution in [0.5, 0.6) is 0 Å². The smallest absolute Gasteiger partial charge is 0.410 e. The van der Waals surface area contributed by atoms with Crippen molar-refractivity contribution in [2.75, 3.05) is 0 Å². The van der Waals surface area contributed by atoms with Gasteiger partial charge in [-0.05, 0) is 49.6 Å². The summed E-state index contributed by atoms with van der Waals surface area (Å²) in [6.45, 7) is 6.39. The van der Waals surface area contributed by atoms with E-state index < -0.39 is 5.60 Å². The first-order valence-corrected chi connectivity index (χ1v) is 8.56. The zero-order valence-electron chi connectivity index (χ0n) is 14.8. The summed E-state index contributed by atoms with van der Waals surface area (Å²) in [4.78, 5) is 14.3. The van der Waals surface area contributed by atoms with E-state index in [1.54, 1.807) is 17.0 Å². The van der Waals surface area contributed by atoms with Crippen LogP contribution in [0.2, 0.25) is 5.02 Å². The van der Waals surface area contributed by atoms with Crippen LogP contribution in [0, 0.1) is 0 Å². The van der Waals surface area contributed by atoms with Gasteiger partial charge in [0.15, 0.2) is 0 Å². The standard InChI is InChI=1S/C20H24ClNO3/c1-20(2,3)25-19(24)22(13-16-8-10-18(21)11-9-16)12-15-4-6-17(14-23)7-5-15/h4-11,23H,12-14H2,1-3H3. The normalized spacial score (nSPS) is 11.2. The molecule has 0 saturated heterocycles. The Morgan fingerprint density at radius 2 is 1.40 bits per heavy atom. The molecule has 1 amide bonds. The second-order valence-corrected chi connectivity index (χ2v) is 7.37. The number of aliphatic hydroxyl groups is 1. The zero-order chi connectivity index (χ0) is 18.4.